The van der Waals surface area contributed by atoms with Gasteiger partial charge in [-0.05, 0) is 44.7 Å². The molecule has 0 radical (unpaired) electrons. The first-order valence-corrected chi connectivity index (χ1v) is 10.7. The van der Waals surface area contributed by atoms with E-state index >= 15 is 0 Å². The van der Waals surface area contributed by atoms with Gasteiger partial charge in [0.1, 0.15) is 12.7 Å². The molecular weight excluding hydrogens is 408 g/mol. The third-order valence-electron chi connectivity index (χ3n) is 5.44. The summed E-state index contributed by atoms with van der Waals surface area (Å²) in [6.45, 7) is 5.99. The van der Waals surface area contributed by atoms with E-state index in [2.05, 4.69) is 34.3 Å². The fraction of sp³-hybridized carbons (Fsp3) is 0.417. The van der Waals surface area contributed by atoms with Gasteiger partial charge < -0.3 is 24.8 Å². The van der Waals surface area contributed by atoms with Crippen LogP contribution in [-0.2, 0) is 13.1 Å². The largest absolute Gasteiger partial charge is 0.493 e. The van der Waals surface area contributed by atoms with E-state index in [9.17, 15) is 9.90 Å². The topological polar surface area (TPSA) is 99.7 Å². The van der Waals surface area contributed by atoms with Crippen molar-refractivity contribution in [3.05, 3.63) is 64.1 Å². The molecule has 3 N–H and O–H groups in total. The molecule has 0 aliphatic rings. The molecule has 1 heterocycles. The number of hydrogen-bond donors (Lipinski definition) is 3. The molecule has 0 saturated heterocycles. The number of fused-ring (bicyclic) bond motifs is 1. The summed E-state index contributed by atoms with van der Waals surface area (Å²) < 4.78 is 11.3. The lowest BCUT2D eigenvalue weighted by Crippen LogP contribution is -2.36. The molecule has 2 aromatic carbocycles. The first kappa shape index (κ1) is 23.7. The number of nitrogens with zero attached hydrogens (tertiary/aromatic N) is 2. The van der Waals surface area contributed by atoms with Crippen LogP contribution >= 0.6 is 0 Å². The zero-order valence-corrected chi connectivity index (χ0v) is 19.1. The third-order valence-corrected chi connectivity index (χ3v) is 5.44. The van der Waals surface area contributed by atoms with E-state index in [1.54, 1.807) is 13.2 Å². The number of likely N-dealkylation sites (N-methyl/N-ethyl adjacent to an activating group) is 1. The number of hydrogen-bond acceptors (Lipinski definition) is 7. The van der Waals surface area contributed by atoms with Crippen LogP contribution in [0.25, 0.3) is 10.8 Å². The molecule has 1 atom stereocenters. The summed E-state index contributed by atoms with van der Waals surface area (Å²) >= 11 is 0. The Hall–Kier alpha value is -2.94. The molecule has 0 amide bonds. The van der Waals surface area contributed by atoms with E-state index in [0.717, 1.165) is 16.6 Å². The van der Waals surface area contributed by atoms with Crippen LogP contribution in [0.15, 0.2) is 47.3 Å². The van der Waals surface area contributed by atoms with E-state index in [0.29, 0.717) is 42.6 Å². The van der Waals surface area contributed by atoms with Crippen molar-refractivity contribution in [2.75, 3.05) is 27.3 Å². The number of aromatic nitrogens is 2. The van der Waals surface area contributed by atoms with Crippen molar-refractivity contribution < 1.29 is 14.6 Å². The van der Waals surface area contributed by atoms with Crippen LogP contribution in [0.4, 0.5) is 0 Å². The van der Waals surface area contributed by atoms with Crippen molar-refractivity contribution >= 4 is 10.8 Å². The first-order chi connectivity index (χ1) is 15.4. The smallest absolute Gasteiger partial charge is 0.272 e. The van der Waals surface area contributed by atoms with Gasteiger partial charge in [0, 0.05) is 31.1 Å². The average molecular weight is 441 g/mol. The van der Waals surface area contributed by atoms with Crippen LogP contribution in [-0.4, -0.2) is 59.7 Å². The maximum Gasteiger partial charge on any atom is 0.272 e. The second kappa shape index (κ2) is 11.1. The normalized spacial score (nSPS) is 12.5. The van der Waals surface area contributed by atoms with Gasteiger partial charge in [0.25, 0.3) is 5.56 Å². The maximum atomic E-state index is 11.9. The Morgan fingerprint density at radius 2 is 1.88 bits per heavy atom. The molecule has 1 aromatic heterocycles. The lowest BCUT2D eigenvalue weighted by atomic mass is 10.1. The van der Waals surface area contributed by atoms with Crippen LogP contribution in [0.3, 0.4) is 0 Å². The number of aliphatic hydroxyl groups excluding tert-OH is 1. The van der Waals surface area contributed by atoms with E-state index in [4.69, 9.17) is 9.47 Å². The zero-order valence-electron chi connectivity index (χ0n) is 19.1. The number of rotatable bonds is 11. The highest BCUT2D eigenvalue weighted by Crippen LogP contribution is 2.28. The van der Waals surface area contributed by atoms with Gasteiger partial charge in [0.15, 0.2) is 11.5 Å². The van der Waals surface area contributed by atoms with E-state index in [-0.39, 0.29) is 12.2 Å². The Labute approximate surface area is 188 Å². The molecule has 0 spiro atoms. The quantitative estimate of drug-likeness (QED) is 0.421. The highest BCUT2D eigenvalue weighted by molar-refractivity contribution is 5.83. The lowest BCUT2D eigenvalue weighted by molar-refractivity contribution is 0.0668. The van der Waals surface area contributed by atoms with Gasteiger partial charge in [0.2, 0.25) is 0 Å². The van der Waals surface area contributed by atoms with Crippen LogP contribution < -0.4 is 20.3 Å². The van der Waals surface area contributed by atoms with Gasteiger partial charge >= 0.3 is 0 Å². The lowest BCUT2D eigenvalue weighted by Gasteiger charge is -2.24. The molecule has 3 rings (SSSR count). The predicted octanol–water partition coefficient (Wildman–Crippen LogP) is 2.30. The fourth-order valence-electron chi connectivity index (χ4n) is 3.35. The number of aliphatic hydroxyl groups is 1. The van der Waals surface area contributed by atoms with Crippen LogP contribution in [0.5, 0.6) is 11.5 Å². The number of methoxy groups -OCH3 is 1. The SMILES string of the molecule is COc1cc(CNCc2n[nH]c(=O)c3ccccc23)ccc1OC[C@@H](O)CN(C)C(C)C. The number of ether oxygens (including phenoxy) is 2. The fourth-order valence-corrected chi connectivity index (χ4v) is 3.35. The summed E-state index contributed by atoms with van der Waals surface area (Å²) in [5.74, 6) is 1.21. The summed E-state index contributed by atoms with van der Waals surface area (Å²) in [4.78, 5) is 14.0. The minimum atomic E-state index is -0.590. The van der Waals surface area contributed by atoms with E-state index in [1.165, 1.54) is 0 Å². The minimum Gasteiger partial charge on any atom is -0.493 e. The number of benzene rings is 2. The second-order valence-corrected chi connectivity index (χ2v) is 8.13. The Kier molecular flexibility index (Phi) is 8.21. The molecule has 3 aromatic rings. The Morgan fingerprint density at radius 1 is 1.12 bits per heavy atom. The van der Waals surface area contributed by atoms with Crippen LogP contribution in [0, 0.1) is 0 Å². The highest BCUT2D eigenvalue weighted by atomic mass is 16.5. The van der Waals surface area contributed by atoms with Gasteiger partial charge in [-0.25, -0.2) is 5.10 Å². The predicted molar refractivity (Wildman–Crippen MR) is 125 cm³/mol. The molecule has 8 nitrogen and oxygen atoms in total. The Balaban J connectivity index is 1.58. The van der Waals surface area contributed by atoms with Crippen molar-refractivity contribution in [1.29, 1.82) is 0 Å². The molecule has 32 heavy (non-hydrogen) atoms. The van der Waals surface area contributed by atoms with E-state index < -0.39 is 6.10 Å². The summed E-state index contributed by atoms with van der Waals surface area (Å²) in [5, 5.41) is 21.8. The second-order valence-electron chi connectivity index (χ2n) is 8.13. The molecular formula is C24H32N4O4. The van der Waals surface area contributed by atoms with Crippen molar-refractivity contribution in [2.45, 2.75) is 39.1 Å². The number of aromatic amines is 1. The molecule has 0 aliphatic heterocycles. The average Bonchev–Trinajstić information content (AvgIpc) is 2.79. The summed E-state index contributed by atoms with van der Waals surface area (Å²) in [5.41, 5.74) is 1.61. The Morgan fingerprint density at radius 3 is 2.59 bits per heavy atom. The van der Waals surface area contributed by atoms with E-state index in [1.807, 2.05) is 43.4 Å². The van der Waals surface area contributed by atoms with Gasteiger partial charge in [-0.3, -0.25) is 4.79 Å². The van der Waals surface area contributed by atoms with Crippen molar-refractivity contribution in [2.24, 2.45) is 0 Å². The molecule has 172 valence electrons. The standard InChI is InChI=1S/C24H32N4O4/c1-16(2)28(3)14-18(29)15-32-22-10-9-17(11-23(22)31-4)12-25-13-21-19-7-5-6-8-20(19)24(30)27-26-21/h5-11,16,18,25,29H,12-15H2,1-4H3,(H,27,30)/t18-/m0/s1. The van der Waals surface area contributed by atoms with Crippen LogP contribution in [0.2, 0.25) is 0 Å². The number of H-pyrrole nitrogens is 1. The highest BCUT2D eigenvalue weighted by Gasteiger charge is 2.13. The molecule has 8 heteroatoms. The third kappa shape index (κ3) is 6.06. The van der Waals surface area contributed by atoms with Gasteiger partial charge in [-0.2, -0.15) is 5.10 Å². The summed E-state index contributed by atoms with van der Waals surface area (Å²) in [7, 11) is 3.57. The van der Waals surface area contributed by atoms with Gasteiger partial charge in [-0.1, -0.05) is 24.3 Å². The maximum absolute atomic E-state index is 11.9. The zero-order chi connectivity index (χ0) is 23.1. The van der Waals surface area contributed by atoms with Gasteiger partial charge in [-0.15, -0.1) is 0 Å². The monoisotopic (exact) mass is 440 g/mol. The van der Waals surface area contributed by atoms with Gasteiger partial charge in [0.05, 0.1) is 18.2 Å². The molecule has 0 unspecified atom stereocenters. The first-order valence-electron chi connectivity index (χ1n) is 10.7. The summed E-state index contributed by atoms with van der Waals surface area (Å²) in [6, 6.07) is 13.5. The Bertz CT molecular complexity index is 1080. The number of nitrogens with one attached hydrogen (secondary N) is 2. The molecule has 0 bridgehead atoms. The minimum absolute atomic E-state index is 0.189. The van der Waals surface area contributed by atoms with Crippen molar-refractivity contribution in [1.82, 2.24) is 20.4 Å². The summed E-state index contributed by atoms with van der Waals surface area (Å²) in [6.07, 6.45) is -0.590. The van der Waals surface area contributed by atoms with Crippen LogP contribution in [0.1, 0.15) is 25.1 Å². The molecule has 0 fully saturated rings. The van der Waals surface area contributed by atoms with Crippen molar-refractivity contribution in [3.8, 4) is 11.5 Å². The molecule has 0 aliphatic carbocycles. The molecule has 0 saturated carbocycles. The van der Waals surface area contributed by atoms with Crippen molar-refractivity contribution in [3.63, 3.8) is 0 Å².